The molecule has 0 aliphatic rings. The van der Waals surface area contributed by atoms with E-state index in [1.165, 1.54) is 6.92 Å². The van der Waals surface area contributed by atoms with Crippen LogP contribution in [0.5, 0.6) is 0 Å². The van der Waals surface area contributed by atoms with Gasteiger partial charge in [-0.3, -0.25) is 4.55 Å². The summed E-state index contributed by atoms with van der Waals surface area (Å²) in [5, 5.41) is 0.144. The van der Waals surface area contributed by atoms with Gasteiger partial charge in [0, 0.05) is 0 Å². The molecule has 0 aromatic heterocycles. The Morgan fingerprint density at radius 3 is 2.11 bits per heavy atom. The lowest BCUT2D eigenvalue weighted by Crippen LogP contribution is -2.06. The largest absolute Gasteiger partial charge is 0.285 e. The van der Waals surface area contributed by atoms with Crippen LogP contribution in [0.4, 0.5) is 0 Å². The maximum absolute atomic E-state index is 10.2. The van der Waals surface area contributed by atoms with Gasteiger partial charge in [-0.1, -0.05) is 13.3 Å². The summed E-state index contributed by atoms with van der Waals surface area (Å²) in [5.74, 6) is 0. The van der Waals surface area contributed by atoms with Crippen LogP contribution in [0.15, 0.2) is 0 Å². The molecule has 1 radical (unpaired) electrons. The number of hydrogen-bond donors (Lipinski definition) is 1. The molecule has 0 spiro atoms. The third-order valence-corrected chi connectivity index (χ3v) is 2.13. The molecule has 1 N–H and O–H groups in total. The van der Waals surface area contributed by atoms with E-state index in [2.05, 4.69) is 0 Å². The van der Waals surface area contributed by atoms with E-state index >= 15 is 0 Å². The Kier molecular flexibility index (Phi) is 3.14. The Bertz CT molecular complexity index is 159. The average molecular weight is 151 g/mol. The molecule has 0 atom stereocenters. The molecule has 0 bridgehead atoms. The van der Waals surface area contributed by atoms with Crippen molar-refractivity contribution < 1.29 is 13.0 Å². The molecule has 0 unspecified atom stereocenters. The van der Waals surface area contributed by atoms with Crippen LogP contribution in [0, 0.1) is 5.25 Å². The second-order valence-corrected chi connectivity index (χ2v) is 3.57. The topological polar surface area (TPSA) is 54.4 Å². The van der Waals surface area contributed by atoms with E-state index in [0.717, 1.165) is 6.42 Å². The molecule has 0 aromatic rings. The van der Waals surface area contributed by atoms with Crippen LogP contribution in [0.2, 0.25) is 0 Å². The van der Waals surface area contributed by atoms with Gasteiger partial charge in [0.1, 0.15) is 5.25 Å². The van der Waals surface area contributed by atoms with Crippen LogP contribution in [0.3, 0.4) is 0 Å². The summed E-state index contributed by atoms with van der Waals surface area (Å²) in [5.41, 5.74) is 0. The Morgan fingerprint density at radius 1 is 1.56 bits per heavy atom. The molecule has 0 amide bonds. The van der Waals surface area contributed by atoms with Gasteiger partial charge in [0.2, 0.25) is 0 Å². The lowest BCUT2D eigenvalue weighted by atomic mass is 10.3. The molecule has 0 aromatic carbocycles. The van der Waals surface area contributed by atoms with Gasteiger partial charge < -0.3 is 0 Å². The number of rotatable bonds is 3. The molecular formula is C5H11O3S. The average Bonchev–Trinajstić information content (AvgIpc) is 1.64. The standard InChI is InChI=1S/C5H11O3S/c1-3-4-5(2)9(6,7)8/h3-4H2,1-2H3,(H,6,7,8). The van der Waals surface area contributed by atoms with Crippen LogP contribution >= 0.6 is 0 Å². The summed E-state index contributed by atoms with van der Waals surface area (Å²) in [4.78, 5) is 0. The van der Waals surface area contributed by atoms with Gasteiger partial charge in [0.15, 0.2) is 0 Å². The maximum Gasteiger partial charge on any atom is 0.272 e. The molecule has 3 nitrogen and oxygen atoms in total. The smallest absolute Gasteiger partial charge is 0.272 e. The van der Waals surface area contributed by atoms with Crippen molar-refractivity contribution in [1.82, 2.24) is 0 Å². The predicted molar refractivity (Wildman–Crippen MR) is 35.4 cm³/mol. The first-order valence-corrected chi connectivity index (χ1v) is 4.22. The summed E-state index contributed by atoms with van der Waals surface area (Å²) in [6, 6.07) is 0. The van der Waals surface area contributed by atoms with Gasteiger partial charge in [0.25, 0.3) is 10.1 Å². The molecule has 0 aliphatic heterocycles. The van der Waals surface area contributed by atoms with Crippen molar-refractivity contribution in [1.29, 1.82) is 0 Å². The first-order chi connectivity index (χ1) is 3.98. The van der Waals surface area contributed by atoms with Crippen LogP contribution in [0.1, 0.15) is 26.7 Å². The predicted octanol–water partition coefficient (Wildman–Crippen LogP) is 1.23. The second kappa shape index (κ2) is 3.17. The van der Waals surface area contributed by atoms with Crippen LogP contribution < -0.4 is 0 Å². The minimum atomic E-state index is -3.85. The van der Waals surface area contributed by atoms with Gasteiger partial charge in [0.05, 0.1) is 0 Å². The molecule has 4 heteroatoms. The lowest BCUT2D eigenvalue weighted by molar-refractivity contribution is 0.480. The third kappa shape index (κ3) is 3.48. The highest BCUT2D eigenvalue weighted by Gasteiger charge is 2.15. The Hall–Kier alpha value is -0.0900. The lowest BCUT2D eigenvalue weighted by Gasteiger charge is -2.02. The fourth-order valence-corrected chi connectivity index (χ4v) is 0.943. The first-order valence-electron chi connectivity index (χ1n) is 2.78. The zero-order valence-electron chi connectivity index (χ0n) is 5.59. The fraction of sp³-hybridized carbons (Fsp3) is 0.800. The van der Waals surface area contributed by atoms with Crippen LogP contribution in [0.25, 0.3) is 0 Å². The summed E-state index contributed by atoms with van der Waals surface area (Å²) < 4.78 is 28.8. The SMILES string of the molecule is CCC[C](C)S(=O)(=O)O. The van der Waals surface area contributed by atoms with Gasteiger partial charge in [-0.25, -0.2) is 0 Å². The van der Waals surface area contributed by atoms with Crippen molar-refractivity contribution >= 4 is 10.1 Å². The van der Waals surface area contributed by atoms with Crippen molar-refractivity contribution in [2.24, 2.45) is 0 Å². The van der Waals surface area contributed by atoms with Gasteiger partial charge >= 0.3 is 0 Å². The summed E-state index contributed by atoms with van der Waals surface area (Å²) >= 11 is 0. The first kappa shape index (κ1) is 8.91. The minimum Gasteiger partial charge on any atom is -0.285 e. The highest BCUT2D eigenvalue weighted by molar-refractivity contribution is 7.88. The fourth-order valence-electron chi connectivity index (χ4n) is 0.481. The molecule has 0 saturated carbocycles. The van der Waals surface area contributed by atoms with E-state index in [0.29, 0.717) is 6.42 Å². The third-order valence-electron chi connectivity index (χ3n) is 1.04. The van der Waals surface area contributed by atoms with E-state index < -0.39 is 10.1 Å². The van der Waals surface area contributed by atoms with Crippen molar-refractivity contribution in [2.75, 3.05) is 0 Å². The van der Waals surface area contributed by atoms with E-state index in [-0.39, 0.29) is 5.25 Å². The van der Waals surface area contributed by atoms with Gasteiger partial charge in [-0.2, -0.15) is 8.42 Å². The molecule has 0 fully saturated rings. The zero-order chi connectivity index (χ0) is 7.49. The molecule has 0 saturated heterocycles. The highest BCUT2D eigenvalue weighted by Crippen LogP contribution is 2.13. The van der Waals surface area contributed by atoms with Crippen LogP contribution in [-0.4, -0.2) is 13.0 Å². The van der Waals surface area contributed by atoms with Crippen molar-refractivity contribution in [3.05, 3.63) is 5.25 Å². The minimum absolute atomic E-state index is 0.144. The van der Waals surface area contributed by atoms with Crippen molar-refractivity contribution in [3.63, 3.8) is 0 Å². The summed E-state index contributed by atoms with van der Waals surface area (Å²) in [6.07, 6.45) is 1.18. The highest BCUT2D eigenvalue weighted by atomic mass is 32.2. The quantitative estimate of drug-likeness (QED) is 0.617. The Balaban J connectivity index is 3.90. The molecule has 0 heterocycles. The number of hydrogen-bond acceptors (Lipinski definition) is 2. The van der Waals surface area contributed by atoms with Crippen LogP contribution in [-0.2, 0) is 10.1 Å². The van der Waals surface area contributed by atoms with E-state index in [1.54, 1.807) is 0 Å². The van der Waals surface area contributed by atoms with Crippen molar-refractivity contribution in [3.8, 4) is 0 Å². The van der Waals surface area contributed by atoms with Gasteiger partial charge in [-0.05, 0) is 13.3 Å². The van der Waals surface area contributed by atoms with E-state index in [4.69, 9.17) is 4.55 Å². The Morgan fingerprint density at radius 2 is 2.00 bits per heavy atom. The second-order valence-electron chi connectivity index (χ2n) is 1.93. The Labute approximate surface area is 55.8 Å². The zero-order valence-corrected chi connectivity index (χ0v) is 6.40. The molecule has 55 valence electrons. The maximum atomic E-state index is 10.2. The molecule has 0 aliphatic carbocycles. The monoisotopic (exact) mass is 151 g/mol. The molecule has 9 heavy (non-hydrogen) atoms. The summed E-state index contributed by atoms with van der Waals surface area (Å²) in [6.45, 7) is 3.27. The van der Waals surface area contributed by atoms with E-state index in [9.17, 15) is 8.42 Å². The normalized spacial score (nSPS) is 12.4. The summed E-state index contributed by atoms with van der Waals surface area (Å²) in [7, 11) is -3.85. The van der Waals surface area contributed by atoms with Crippen molar-refractivity contribution in [2.45, 2.75) is 26.7 Å². The molecular weight excluding hydrogens is 140 g/mol. The molecule has 0 rings (SSSR count). The van der Waals surface area contributed by atoms with Gasteiger partial charge in [-0.15, -0.1) is 0 Å². The van der Waals surface area contributed by atoms with E-state index in [1.807, 2.05) is 6.92 Å².